The number of nitrogens with zero attached hydrogens (tertiary/aromatic N) is 2. The maximum atomic E-state index is 13.2. The molecule has 5 nitrogen and oxygen atoms in total. The zero-order valence-electron chi connectivity index (χ0n) is 10.3. The lowest BCUT2D eigenvalue weighted by Gasteiger charge is -2.12. The van der Waals surface area contributed by atoms with Crippen molar-refractivity contribution >= 4 is 16.9 Å². The largest absolute Gasteiger partial charge is 0.478 e. The molecule has 0 spiro atoms. The summed E-state index contributed by atoms with van der Waals surface area (Å²) in [6, 6.07) is 6.32. The number of aromatic carboxylic acids is 1. The second kappa shape index (κ2) is 4.37. The molecule has 0 radical (unpaired) electrons. The van der Waals surface area contributed by atoms with Gasteiger partial charge in [-0.05, 0) is 18.2 Å². The molecule has 0 aliphatic carbocycles. The van der Waals surface area contributed by atoms with Gasteiger partial charge in [-0.15, -0.1) is 0 Å². The monoisotopic (exact) mass is 295 g/mol. The van der Waals surface area contributed by atoms with E-state index in [-0.39, 0.29) is 5.69 Å². The lowest BCUT2D eigenvalue weighted by atomic mass is 10.2. The molecule has 0 aliphatic rings. The van der Waals surface area contributed by atoms with Gasteiger partial charge in [0.2, 0.25) is 0 Å². The normalized spacial score (nSPS) is 12.0. The number of aromatic nitrogens is 3. The van der Waals surface area contributed by atoms with Crippen LogP contribution in [-0.4, -0.2) is 25.8 Å². The maximum absolute atomic E-state index is 13.2. The van der Waals surface area contributed by atoms with E-state index in [4.69, 9.17) is 5.11 Å². The Labute approximate surface area is 115 Å². The number of carboxylic acid groups (broad SMARTS) is 1. The molecule has 0 aliphatic heterocycles. The first kappa shape index (κ1) is 13.2. The van der Waals surface area contributed by atoms with Gasteiger partial charge >= 0.3 is 12.1 Å². The molecule has 1 aromatic carbocycles. The Balaban J connectivity index is 2.33. The molecule has 0 fully saturated rings. The van der Waals surface area contributed by atoms with Gasteiger partial charge in [0, 0.05) is 17.1 Å². The second-order valence-corrected chi connectivity index (χ2v) is 4.34. The average Bonchev–Trinajstić information content (AvgIpc) is 3.04. The van der Waals surface area contributed by atoms with Crippen molar-refractivity contribution in [3.8, 4) is 5.69 Å². The van der Waals surface area contributed by atoms with Crippen molar-refractivity contribution in [2.75, 3.05) is 0 Å². The Morgan fingerprint density at radius 3 is 2.71 bits per heavy atom. The van der Waals surface area contributed by atoms with Crippen LogP contribution in [0.15, 0.2) is 36.7 Å². The minimum atomic E-state index is -4.83. The standard InChI is InChI=1S/C13H8F3N3O2/c14-13(15,16)11-8(12(20)21)6-18-19(11)10-3-1-2-9-7(10)4-5-17-9/h1-6,17H,(H,20,21). The second-order valence-electron chi connectivity index (χ2n) is 4.34. The molecular formula is C13H8F3N3O2. The molecule has 2 heterocycles. The van der Waals surface area contributed by atoms with E-state index in [1.54, 1.807) is 24.4 Å². The summed E-state index contributed by atoms with van der Waals surface area (Å²) >= 11 is 0. The quantitative estimate of drug-likeness (QED) is 0.763. The molecule has 0 bridgehead atoms. The molecule has 0 unspecified atom stereocenters. The van der Waals surface area contributed by atoms with Crippen LogP contribution in [0.1, 0.15) is 16.1 Å². The van der Waals surface area contributed by atoms with Gasteiger partial charge in [0.05, 0.1) is 11.9 Å². The first-order valence-corrected chi connectivity index (χ1v) is 5.84. The van der Waals surface area contributed by atoms with Crippen molar-refractivity contribution in [1.82, 2.24) is 14.8 Å². The third-order valence-corrected chi connectivity index (χ3v) is 3.07. The van der Waals surface area contributed by atoms with E-state index in [9.17, 15) is 18.0 Å². The molecular weight excluding hydrogens is 287 g/mol. The SMILES string of the molecule is O=C(O)c1cnn(-c2cccc3[nH]ccc23)c1C(F)(F)F. The molecule has 0 amide bonds. The van der Waals surface area contributed by atoms with E-state index < -0.39 is 23.4 Å². The Hall–Kier alpha value is -2.77. The highest BCUT2D eigenvalue weighted by Gasteiger charge is 2.40. The third kappa shape index (κ3) is 2.04. The summed E-state index contributed by atoms with van der Waals surface area (Å²) in [4.78, 5) is 13.8. The molecule has 108 valence electrons. The van der Waals surface area contributed by atoms with Crippen LogP contribution in [0.2, 0.25) is 0 Å². The number of H-pyrrole nitrogens is 1. The molecule has 8 heteroatoms. The van der Waals surface area contributed by atoms with Crippen LogP contribution in [0.4, 0.5) is 13.2 Å². The minimum absolute atomic E-state index is 0.161. The van der Waals surface area contributed by atoms with Gasteiger partial charge in [0.15, 0.2) is 5.69 Å². The van der Waals surface area contributed by atoms with Gasteiger partial charge in [0.25, 0.3) is 0 Å². The summed E-state index contributed by atoms with van der Waals surface area (Å²) in [5.41, 5.74) is -1.39. The topological polar surface area (TPSA) is 70.9 Å². The number of aromatic amines is 1. The fourth-order valence-electron chi connectivity index (χ4n) is 2.21. The van der Waals surface area contributed by atoms with Crippen molar-refractivity contribution in [2.45, 2.75) is 6.18 Å². The number of fused-ring (bicyclic) bond motifs is 1. The van der Waals surface area contributed by atoms with E-state index >= 15 is 0 Å². The summed E-state index contributed by atoms with van der Waals surface area (Å²) in [5, 5.41) is 13.0. The third-order valence-electron chi connectivity index (χ3n) is 3.07. The van der Waals surface area contributed by atoms with Crippen molar-refractivity contribution in [3.05, 3.63) is 47.9 Å². The highest BCUT2D eigenvalue weighted by Crippen LogP contribution is 2.35. The number of alkyl halides is 3. The van der Waals surface area contributed by atoms with Crippen LogP contribution in [0, 0.1) is 0 Å². The zero-order chi connectivity index (χ0) is 15.2. The molecule has 3 aromatic rings. The van der Waals surface area contributed by atoms with Crippen LogP contribution >= 0.6 is 0 Å². The van der Waals surface area contributed by atoms with Gasteiger partial charge in [-0.25, -0.2) is 9.48 Å². The fraction of sp³-hybridized carbons (Fsp3) is 0.0769. The lowest BCUT2D eigenvalue weighted by molar-refractivity contribution is -0.143. The van der Waals surface area contributed by atoms with Crippen LogP contribution in [0.5, 0.6) is 0 Å². The van der Waals surface area contributed by atoms with Gasteiger partial charge in [-0.3, -0.25) is 0 Å². The molecule has 0 saturated carbocycles. The van der Waals surface area contributed by atoms with E-state index in [1.165, 1.54) is 6.07 Å². The summed E-state index contributed by atoms with van der Waals surface area (Å²) in [5.74, 6) is -1.67. The molecule has 0 saturated heterocycles. The van der Waals surface area contributed by atoms with Crippen molar-refractivity contribution in [3.63, 3.8) is 0 Å². The van der Waals surface area contributed by atoms with Gasteiger partial charge < -0.3 is 10.1 Å². The molecule has 2 aromatic heterocycles. The smallest absolute Gasteiger partial charge is 0.434 e. The summed E-state index contributed by atoms with van der Waals surface area (Å²) in [7, 11) is 0. The van der Waals surface area contributed by atoms with Gasteiger partial charge in [0.1, 0.15) is 5.56 Å². The highest BCUT2D eigenvalue weighted by molar-refractivity contribution is 5.91. The van der Waals surface area contributed by atoms with Crippen molar-refractivity contribution in [1.29, 1.82) is 0 Å². The lowest BCUT2D eigenvalue weighted by Crippen LogP contribution is -2.17. The van der Waals surface area contributed by atoms with Gasteiger partial charge in [-0.1, -0.05) is 6.07 Å². The Morgan fingerprint density at radius 2 is 2.05 bits per heavy atom. The van der Waals surface area contributed by atoms with E-state index in [2.05, 4.69) is 10.1 Å². The van der Waals surface area contributed by atoms with E-state index in [0.717, 1.165) is 0 Å². The number of benzene rings is 1. The van der Waals surface area contributed by atoms with Crippen LogP contribution in [0.25, 0.3) is 16.6 Å². The average molecular weight is 295 g/mol. The first-order chi connectivity index (χ1) is 9.89. The Kier molecular flexibility index (Phi) is 2.75. The van der Waals surface area contributed by atoms with Crippen LogP contribution in [0.3, 0.4) is 0 Å². The number of halogens is 3. The number of rotatable bonds is 2. The van der Waals surface area contributed by atoms with Gasteiger partial charge in [-0.2, -0.15) is 18.3 Å². The first-order valence-electron chi connectivity index (χ1n) is 5.84. The van der Waals surface area contributed by atoms with Crippen molar-refractivity contribution in [2.24, 2.45) is 0 Å². The van der Waals surface area contributed by atoms with Crippen LogP contribution in [-0.2, 0) is 6.18 Å². The number of nitrogens with one attached hydrogen (secondary N) is 1. The van der Waals surface area contributed by atoms with E-state index in [0.29, 0.717) is 21.8 Å². The van der Waals surface area contributed by atoms with Crippen LogP contribution < -0.4 is 0 Å². The Bertz CT molecular complexity index is 833. The molecule has 3 rings (SSSR count). The molecule has 0 atom stereocenters. The zero-order valence-corrected chi connectivity index (χ0v) is 10.3. The Morgan fingerprint density at radius 1 is 1.29 bits per heavy atom. The van der Waals surface area contributed by atoms with E-state index in [1.807, 2.05) is 0 Å². The summed E-state index contributed by atoms with van der Waals surface area (Å²) in [6.07, 6.45) is -2.54. The van der Waals surface area contributed by atoms with Crippen molar-refractivity contribution < 1.29 is 23.1 Å². The number of hydrogen-bond acceptors (Lipinski definition) is 2. The molecule has 21 heavy (non-hydrogen) atoms. The fourth-order valence-corrected chi connectivity index (χ4v) is 2.21. The summed E-state index contributed by atoms with van der Waals surface area (Å²) < 4.78 is 40.2. The predicted molar refractivity (Wildman–Crippen MR) is 67.4 cm³/mol. The molecule has 2 N–H and O–H groups in total. The number of hydrogen-bond donors (Lipinski definition) is 2. The minimum Gasteiger partial charge on any atom is -0.478 e. The number of carbonyl (C=O) groups is 1. The predicted octanol–water partition coefficient (Wildman–Crippen LogP) is 3.07. The summed E-state index contributed by atoms with van der Waals surface area (Å²) in [6.45, 7) is 0. The number of carboxylic acids is 1. The highest BCUT2D eigenvalue weighted by atomic mass is 19.4. The maximum Gasteiger partial charge on any atom is 0.434 e.